The molecule has 0 bridgehead atoms. The molecular weight excluding hydrogens is 314 g/mol. The summed E-state index contributed by atoms with van der Waals surface area (Å²) in [5.74, 6) is 0.0242. The van der Waals surface area contributed by atoms with Crippen LogP contribution >= 0.6 is 0 Å². The highest BCUT2D eigenvalue weighted by atomic mass is 16.3. The fourth-order valence-electron chi connectivity index (χ4n) is 3.96. The summed E-state index contributed by atoms with van der Waals surface area (Å²) in [4.78, 5) is 17.2. The monoisotopic (exact) mass is 345 g/mol. The van der Waals surface area contributed by atoms with Crippen LogP contribution in [0.3, 0.4) is 0 Å². The molecule has 2 N–H and O–H groups in total. The SMILES string of the molecule is CC(C(=O)Nc1ccc(N2CCCC2)cc1)N1CCCC(C)(CO)C1. The molecule has 2 fully saturated rings. The second-order valence-corrected chi connectivity index (χ2v) is 7.95. The predicted molar refractivity (Wildman–Crippen MR) is 102 cm³/mol. The van der Waals surface area contributed by atoms with Gasteiger partial charge in [-0.2, -0.15) is 0 Å². The van der Waals surface area contributed by atoms with Crippen molar-refractivity contribution in [2.24, 2.45) is 5.41 Å². The van der Waals surface area contributed by atoms with Gasteiger partial charge in [0.1, 0.15) is 0 Å². The first-order valence-electron chi connectivity index (χ1n) is 9.52. The number of nitrogens with zero attached hydrogens (tertiary/aromatic N) is 2. The third-order valence-corrected chi connectivity index (χ3v) is 5.73. The summed E-state index contributed by atoms with van der Waals surface area (Å²) >= 11 is 0. The van der Waals surface area contributed by atoms with Gasteiger partial charge in [-0.25, -0.2) is 0 Å². The molecule has 0 radical (unpaired) electrons. The third kappa shape index (κ3) is 4.33. The van der Waals surface area contributed by atoms with Crippen LogP contribution in [0.15, 0.2) is 24.3 Å². The Hall–Kier alpha value is -1.59. The topological polar surface area (TPSA) is 55.8 Å². The highest BCUT2D eigenvalue weighted by molar-refractivity contribution is 5.94. The van der Waals surface area contributed by atoms with Gasteiger partial charge in [-0.05, 0) is 63.4 Å². The molecule has 2 saturated heterocycles. The quantitative estimate of drug-likeness (QED) is 0.861. The molecule has 1 aromatic rings. The van der Waals surface area contributed by atoms with Gasteiger partial charge in [-0.3, -0.25) is 9.69 Å². The van der Waals surface area contributed by atoms with Crippen LogP contribution in [-0.2, 0) is 4.79 Å². The van der Waals surface area contributed by atoms with Crippen molar-refractivity contribution in [3.8, 4) is 0 Å². The first-order chi connectivity index (χ1) is 12.0. The Labute approximate surface area is 151 Å². The average Bonchev–Trinajstić information content (AvgIpc) is 3.16. The molecule has 2 aliphatic heterocycles. The first kappa shape index (κ1) is 18.2. The van der Waals surface area contributed by atoms with E-state index >= 15 is 0 Å². The van der Waals surface area contributed by atoms with E-state index in [9.17, 15) is 9.90 Å². The molecule has 1 amide bonds. The molecule has 2 heterocycles. The molecule has 2 aliphatic rings. The van der Waals surface area contributed by atoms with E-state index in [1.165, 1.54) is 18.5 Å². The normalized spacial score (nSPS) is 25.8. The van der Waals surface area contributed by atoms with Crippen molar-refractivity contribution in [1.29, 1.82) is 0 Å². The zero-order valence-corrected chi connectivity index (χ0v) is 15.5. The summed E-state index contributed by atoms with van der Waals surface area (Å²) in [7, 11) is 0. The number of aliphatic hydroxyl groups excluding tert-OH is 1. The van der Waals surface area contributed by atoms with Crippen LogP contribution in [0.1, 0.15) is 39.5 Å². The minimum absolute atomic E-state index is 0.0242. The number of carbonyl (C=O) groups excluding carboxylic acids is 1. The summed E-state index contributed by atoms with van der Waals surface area (Å²) in [5, 5.41) is 12.6. The molecule has 0 spiro atoms. The molecule has 3 rings (SSSR count). The maximum Gasteiger partial charge on any atom is 0.241 e. The Morgan fingerprint density at radius 3 is 2.52 bits per heavy atom. The molecule has 2 atom stereocenters. The Balaban J connectivity index is 1.57. The van der Waals surface area contributed by atoms with Crippen LogP contribution in [0.4, 0.5) is 11.4 Å². The lowest BCUT2D eigenvalue weighted by Crippen LogP contribution is -2.51. The van der Waals surface area contributed by atoms with Crippen LogP contribution < -0.4 is 10.2 Å². The highest BCUT2D eigenvalue weighted by Gasteiger charge is 2.34. The summed E-state index contributed by atoms with van der Waals surface area (Å²) < 4.78 is 0. The zero-order chi connectivity index (χ0) is 17.9. The fourth-order valence-corrected chi connectivity index (χ4v) is 3.96. The van der Waals surface area contributed by atoms with E-state index in [4.69, 9.17) is 0 Å². The van der Waals surface area contributed by atoms with Crippen molar-refractivity contribution in [2.45, 2.75) is 45.6 Å². The van der Waals surface area contributed by atoms with E-state index in [2.05, 4.69) is 34.2 Å². The minimum Gasteiger partial charge on any atom is -0.396 e. The maximum absolute atomic E-state index is 12.6. The number of benzene rings is 1. The van der Waals surface area contributed by atoms with Gasteiger partial charge in [-0.15, -0.1) is 0 Å². The molecule has 5 heteroatoms. The van der Waals surface area contributed by atoms with Crippen molar-refractivity contribution in [1.82, 2.24) is 4.90 Å². The van der Waals surface area contributed by atoms with Crippen LogP contribution in [0.5, 0.6) is 0 Å². The van der Waals surface area contributed by atoms with Crippen molar-refractivity contribution in [3.05, 3.63) is 24.3 Å². The second kappa shape index (κ2) is 7.75. The van der Waals surface area contributed by atoms with Crippen molar-refractivity contribution in [3.63, 3.8) is 0 Å². The highest BCUT2D eigenvalue weighted by Crippen LogP contribution is 2.30. The molecule has 0 aliphatic carbocycles. The molecule has 2 unspecified atom stereocenters. The number of anilines is 2. The van der Waals surface area contributed by atoms with E-state index in [0.29, 0.717) is 0 Å². The van der Waals surface area contributed by atoms with E-state index < -0.39 is 0 Å². The molecule has 0 aromatic heterocycles. The smallest absolute Gasteiger partial charge is 0.241 e. The number of hydrogen-bond acceptors (Lipinski definition) is 4. The zero-order valence-electron chi connectivity index (χ0n) is 15.5. The van der Waals surface area contributed by atoms with Gasteiger partial charge in [-0.1, -0.05) is 6.92 Å². The van der Waals surface area contributed by atoms with Crippen LogP contribution in [0.2, 0.25) is 0 Å². The number of nitrogens with one attached hydrogen (secondary N) is 1. The second-order valence-electron chi connectivity index (χ2n) is 7.95. The van der Waals surface area contributed by atoms with Crippen LogP contribution in [0.25, 0.3) is 0 Å². The number of aliphatic hydroxyl groups is 1. The number of hydrogen-bond donors (Lipinski definition) is 2. The van der Waals surface area contributed by atoms with Gasteiger partial charge in [0.15, 0.2) is 0 Å². The van der Waals surface area contributed by atoms with Gasteiger partial charge < -0.3 is 15.3 Å². The lowest BCUT2D eigenvalue weighted by Gasteiger charge is -2.41. The number of amides is 1. The molecular formula is C20H31N3O2. The summed E-state index contributed by atoms with van der Waals surface area (Å²) in [6.45, 7) is 8.17. The van der Waals surface area contributed by atoms with Gasteiger partial charge >= 0.3 is 0 Å². The molecule has 25 heavy (non-hydrogen) atoms. The Morgan fingerprint density at radius 1 is 1.20 bits per heavy atom. The summed E-state index contributed by atoms with van der Waals surface area (Å²) in [6.07, 6.45) is 4.57. The van der Waals surface area contributed by atoms with Gasteiger partial charge in [0.2, 0.25) is 5.91 Å². The number of carbonyl (C=O) groups is 1. The largest absolute Gasteiger partial charge is 0.396 e. The average molecular weight is 345 g/mol. The summed E-state index contributed by atoms with van der Waals surface area (Å²) in [5.41, 5.74) is 1.99. The van der Waals surface area contributed by atoms with Gasteiger partial charge in [0.25, 0.3) is 0 Å². The van der Waals surface area contributed by atoms with Gasteiger partial charge in [0, 0.05) is 43.0 Å². The standard InChI is InChI=1S/C20H31N3O2/c1-16(23-13-5-10-20(2,14-23)15-24)19(25)21-17-6-8-18(9-7-17)22-11-3-4-12-22/h6-9,16,24H,3-5,10-15H2,1-2H3,(H,21,25). The Bertz CT molecular complexity index is 583. The molecule has 1 aromatic carbocycles. The van der Waals surface area contributed by atoms with Crippen molar-refractivity contribution < 1.29 is 9.90 Å². The molecule has 0 saturated carbocycles. The van der Waals surface area contributed by atoms with E-state index in [0.717, 1.165) is 44.7 Å². The molecule has 5 nitrogen and oxygen atoms in total. The molecule has 138 valence electrons. The maximum atomic E-state index is 12.6. The first-order valence-corrected chi connectivity index (χ1v) is 9.52. The third-order valence-electron chi connectivity index (χ3n) is 5.73. The van der Waals surface area contributed by atoms with E-state index in [1.807, 2.05) is 19.1 Å². The minimum atomic E-state index is -0.190. The lowest BCUT2D eigenvalue weighted by molar-refractivity contribution is -0.122. The number of likely N-dealkylation sites (tertiary alicyclic amines) is 1. The van der Waals surface area contributed by atoms with Crippen LogP contribution in [-0.4, -0.2) is 54.7 Å². The lowest BCUT2D eigenvalue weighted by atomic mass is 9.82. The van der Waals surface area contributed by atoms with Gasteiger partial charge in [0.05, 0.1) is 6.04 Å². The van der Waals surface area contributed by atoms with Crippen molar-refractivity contribution in [2.75, 3.05) is 43.0 Å². The van der Waals surface area contributed by atoms with E-state index in [1.54, 1.807) is 0 Å². The Morgan fingerprint density at radius 2 is 1.88 bits per heavy atom. The van der Waals surface area contributed by atoms with Crippen LogP contribution in [0, 0.1) is 5.41 Å². The summed E-state index contributed by atoms with van der Waals surface area (Å²) in [6, 6.07) is 7.98. The number of piperidine rings is 1. The Kier molecular flexibility index (Phi) is 5.64. The van der Waals surface area contributed by atoms with E-state index in [-0.39, 0.29) is 24.0 Å². The fraction of sp³-hybridized carbons (Fsp3) is 0.650. The number of rotatable bonds is 5. The van der Waals surface area contributed by atoms with Crippen molar-refractivity contribution >= 4 is 17.3 Å². The predicted octanol–water partition coefficient (Wildman–Crippen LogP) is 2.71.